The van der Waals surface area contributed by atoms with E-state index in [-0.39, 0.29) is 12.4 Å². The van der Waals surface area contributed by atoms with Crippen LogP contribution in [0.3, 0.4) is 0 Å². The standard InChI is InChI=1S/C13H14FNO3/c1-3-17-12-7-9-5-6-15(13(16)18-4-2)11(9)8-10(12)14/h5-8H,3-4H2,1-2H3. The van der Waals surface area contributed by atoms with Gasteiger partial charge in [-0.15, -0.1) is 0 Å². The Hall–Kier alpha value is -2.04. The molecule has 5 heteroatoms. The van der Waals surface area contributed by atoms with Gasteiger partial charge in [-0.2, -0.15) is 0 Å². The van der Waals surface area contributed by atoms with E-state index in [1.165, 1.54) is 10.6 Å². The topological polar surface area (TPSA) is 40.5 Å². The molecule has 0 aliphatic heterocycles. The number of fused-ring (bicyclic) bond motifs is 1. The molecule has 0 atom stereocenters. The first-order chi connectivity index (χ1) is 8.67. The summed E-state index contributed by atoms with van der Waals surface area (Å²) in [5.41, 5.74) is 0.467. The molecule has 4 nitrogen and oxygen atoms in total. The van der Waals surface area contributed by atoms with Crippen LogP contribution < -0.4 is 4.74 Å². The fourth-order valence-corrected chi connectivity index (χ4v) is 1.75. The summed E-state index contributed by atoms with van der Waals surface area (Å²) in [6.45, 7) is 4.17. The van der Waals surface area contributed by atoms with Crippen molar-refractivity contribution in [2.75, 3.05) is 13.2 Å². The lowest BCUT2D eigenvalue weighted by atomic mass is 10.2. The molecular formula is C13H14FNO3. The molecule has 0 unspecified atom stereocenters. The predicted molar refractivity (Wildman–Crippen MR) is 65.5 cm³/mol. The monoisotopic (exact) mass is 251 g/mol. The van der Waals surface area contributed by atoms with Crippen molar-refractivity contribution in [2.24, 2.45) is 0 Å². The zero-order chi connectivity index (χ0) is 13.1. The van der Waals surface area contributed by atoms with E-state index >= 15 is 0 Å². The van der Waals surface area contributed by atoms with Crippen LogP contribution in [0.2, 0.25) is 0 Å². The average molecular weight is 251 g/mol. The Morgan fingerprint density at radius 2 is 2.11 bits per heavy atom. The van der Waals surface area contributed by atoms with Gasteiger partial charge >= 0.3 is 6.09 Å². The molecule has 1 aromatic carbocycles. The van der Waals surface area contributed by atoms with Crippen molar-refractivity contribution in [3.05, 3.63) is 30.2 Å². The lowest BCUT2D eigenvalue weighted by Crippen LogP contribution is -2.12. The number of carbonyl (C=O) groups is 1. The van der Waals surface area contributed by atoms with E-state index in [0.717, 1.165) is 5.39 Å². The van der Waals surface area contributed by atoms with Crippen LogP contribution in [0.15, 0.2) is 24.4 Å². The second-order valence-corrected chi connectivity index (χ2v) is 3.66. The molecule has 0 bridgehead atoms. The molecule has 1 heterocycles. The molecule has 0 fully saturated rings. The van der Waals surface area contributed by atoms with Crippen molar-refractivity contribution in [3.63, 3.8) is 0 Å². The predicted octanol–water partition coefficient (Wildman–Crippen LogP) is 3.18. The molecule has 2 rings (SSSR count). The highest BCUT2D eigenvalue weighted by molar-refractivity contribution is 5.90. The Bertz CT molecular complexity index is 577. The van der Waals surface area contributed by atoms with Crippen molar-refractivity contribution in [1.82, 2.24) is 4.57 Å². The highest BCUT2D eigenvalue weighted by Gasteiger charge is 2.13. The van der Waals surface area contributed by atoms with E-state index in [0.29, 0.717) is 12.1 Å². The van der Waals surface area contributed by atoms with E-state index in [1.807, 2.05) is 0 Å². The molecule has 1 aromatic heterocycles. The van der Waals surface area contributed by atoms with Crippen molar-refractivity contribution in [2.45, 2.75) is 13.8 Å². The molecule has 0 saturated carbocycles. The molecule has 18 heavy (non-hydrogen) atoms. The first-order valence-electron chi connectivity index (χ1n) is 5.78. The molecule has 0 radical (unpaired) electrons. The average Bonchev–Trinajstić information content (AvgIpc) is 2.73. The number of rotatable bonds is 3. The summed E-state index contributed by atoms with van der Waals surface area (Å²) in [5, 5.41) is 0.730. The molecule has 0 amide bonds. The zero-order valence-corrected chi connectivity index (χ0v) is 10.3. The number of nitrogens with zero attached hydrogens (tertiary/aromatic N) is 1. The summed E-state index contributed by atoms with van der Waals surface area (Å²) < 4.78 is 25.0. The summed E-state index contributed by atoms with van der Waals surface area (Å²) in [7, 11) is 0. The maximum absolute atomic E-state index is 13.7. The van der Waals surface area contributed by atoms with Crippen LogP contribution in [0, 0.1) is 5.82 Å². The van der Waals surface area contributed by atoms with Gasteiger partial charge in [-0.3, -0.25) is 4.57 Å². The van der Waals surface area contributed by atoms with Gasteiger partial charge in [0, 0.05) is 17.6 Å². The normalized spacial score (nSPS) is 10.6. The summed E-state index contributed by atoms with van der Waals surface area (Å²) >= 11 is 0. The van der Waals surface area contributed by atoms with Crippen LogP contribution in [0.5, 0.6) is 5.75 Å². The third-order valence-corrected chi connectivity index (χ3v) is 2.51. The number of halogens is 1. The molecular weight excluding hydrogens is 237 g/mol. The van der Waals surface area contributed by atoms with Crippen molar-refractivity contribution >= 4 is 17.0 Å². The van der Waals surface area contributed by atoms with Crippen LogP contribution in [-0.4, -0.2) is 23.9 Å². The Morgan fingerprint density at radius 3 is 2.78 bits per heavy atom. The number of hydrogen-bond donors (Lipinski definition) is 0. The quantitative estimate of drug-likeness (QED) is 0.841. The van der Waals surface area contributed by atoms with Gasteiger partial charge in [-0.05, 0) is 26.0 Å². The fraction of sp³-hybridized carbons (Fsp3) is 0.308. The maximum Gasteiger partial charge on any atom is 0.418 e. The minimum absolute atomic E-state index is 0.187. The number of carbonyl (C=O) groups excluding carboxylic acids is 1. The van der Waals surface area contributed by atoms with E-state index in [1.54, 1.807) is 32.2 Å². The summed E-state index contributed by atoms with van der Waals surface area (Å²) in [5.74, 6) is -0.305. The zero-order valence-electron chi connectivity index (χ0n) is 10.3. The van der Waals surface area contributed by atoms with Gasteiger partial charge < -0.3 is 9.47 Å². The van der Waals surface area contributed by atoms with E-state index in [9.17, 15) is 9.18 Å². The van der Waals surface area contributed by atoms with Gasteiger partial charge in [-0.25, -0.2) is 9.18 Å². The van der Waals surface area contributed by atoms with Gasteiger partial charge in [0.2, 0.25) is 0 Å². The molecule has 0 spiro atoms. The van der Waals surface area contributed by atoms with Gasteiger partial charge in [-0.1, -0.05) is 0 Å². The third-order valence-electron chi connectivity index (χ3n) is 2.51. The first-order valence-corrected chi connectivity index (χ1v) is 5.78. The number of benzene rings is 1. The largest absolute Gasteiger partial charge is 0.491 e. The highest BCUT2D eigenvalue weighted by atomic mass is 19.1. The molecule has 0 N–H and O–H groups in total. The summed E-state index contributed by atoms with van der Waals surface area (Å²) in [4.78, 5) is 11.6. The SMILES string of the molecule is CCOC(=O)n1ccc2cc(OCC)c(F)cc21. The minimum atomic E-state index is -0.518. The fourth-order valence-electron chi connectivity index (χ4n) is 1.75. The number of hydrogen-bond acceptors (Lipinski definition) is 3. The lowest BCUT2D eigenvalue weighted by molar-refractivity contribution is 0.155. The Labute approximate surface area is 104 Å². The first kappa shape index (κ1) is 12.4. The molecule has 0 aliphatic rings. The van der Waals surface area contributed by atoms with Crippen molar-refractivity contribution in [3.8, 4) is 5.75 Å². The Balaban J connectivity index is 2.47. The van der Waals surface area contributed by atoms with Crippen LogP contribution >= 0.6 is 0 Å². The van der Waals surface area contributed by atoms with Crippen LogP contribution in [0.4, 0.5) is 9.18 Å². The summed E-state index contributed by atoms with van der Waals surface area (Å²) in [6, 6.07) is 4.56. The van der Waals surface area contributed by atoms with Crippen LogP contribution in [0.1, 0.15) is 13.8 Å². The second-order valence-electron chi connectivity index (χ2n) is 3.66. The van der Waals surface area contributed by atoms with Gasteiger partial charge in [0.15, 0.2) is 11.6 Å². The summed E-state index contributed by atoms with van der Waals surface area (Å²) in [6.07, 6.45) is 1.04. The highest BCUT2D eigenvalue weighted by Crippen LogP contribution is 2.25. The van der Waals surface area contributed by atoms with Crippen molar-refractivity contribution in [1.29, 1.82) is 0 Å². The molecule has 0 saturated heterocycles. The van der Waals surface area contributed by atoms with Crippen LogP contribution in [0.25, 0.3) is 10.9 Å². The molecule has 2 aromatic rings. The van der Waals surface area contributed by atoms with E-state index in [2.05, 4.69) is 0 Å². The Kier molecular flexibility index (Phi) is 3.50. The van der Waals surface area contributed by atoms with Gasteiger partial charge in [0.1, 0.15) is 0 Å². The number of ether oxygens (including phenoxy) is 2. The van der Waals surface area contributed by atoms with E-state index in [4.69, 9.17) is 9.47 Å². The van der Waals surface area contributed by atoms with Crippen molar-refractivity contribution < 1.29 is 18.7 Å². The van der Waals surface area contributed by atoms with E-state index < -0.39 is 11.9 Å². The van der Waals surface area contributed by atoms with Crippen LogP contribution in [-0.2, 0) is 4.74 Å². The second kappa shape index (κ2) is 5.08. The lowest BCUT2D eigenvalue weighted by Gasteiger charge is -2.07. The number of aromatic nitrogens is 1. The Morgan fingerprint density at radius 1 is 1.33 bits per heavy atom. The van der Waals surface area contributed by atoms with Gasteiger partial charge in [0.25, 0.3) is 0 Å². The maximum atomic E-state index is 13.7. The molecule has 0 aliphatic carbocycles. The smallest absolute Gasteiger partial charge is 0.418 e. The molecule has 96 valence electrons. The minimum Gasteiger partial charge on any atom is -0.491 e. The third kappa shape index (κ3) is 2.16. The van der Waals surface area contributed by atoms with Gasteiger partial charge in [0.05, 0.1) is 18.7 Å².